The lowest BCUT2D eigenvalue weighted by molar-refractivity contribution is -0.115. The molecule has 0 aliphatic carbocycles. The molecule has 0 aromatic heterocycles. The van der Waals surface area contributed by atoms with E-state index in [0.717, 1.165) is 16.7 Å². The van der Waals surface area contributed by atoms with Gasteiger partial charge in [0.2, 0.25) is 11.7 Å². The van der Waals surface area contributed by atoms with Crippen molar-refractivity contribution >= 4 is 16.7 Å². The van der Waals surface area contributed by atoms with Crippen molar-refractivity contribution in [1.82, 2.24) is 0 Å². The molecule has 2 aromatic rings. The van der Waals surface area contributed by atoms with E-state index >= 15 is 0 Å². The molecule has 0 radical (unpaired) electrons. The standard InChI is InChI=1S/C18H21NO5S/c1-22-15-8-14(9-16(23-2)18(15)24-3)13-6-4-5-12(7-13)10-25(21)11-17(19)20/h4-9H,10-11H2,1-3H3,(H2,19,20). The van der Waals surface area contributed by atoms with Gasteiger partial charge in [-0.3, -0.25) is 9.00 Å². The summed E-state index contributed by atoms with van der Waals surface area (Å²) in [7, 11) is 3.34. The zero-order valence-electron chi connectivity index (χ0n) is 14.4. The molecule has 7 heteroatoms. The predicted octanol–water partition coefficient (Wildman–Crippen LogP) is 2.11. The molecule has 0 saturated carbocycles. The highest BCUT2D eigenvalue weighted by atomic mass is 32.2. The van der Waals surface area contributed by atoms with Crippen LogP contribution in [0.15, 0.2) is 36.4 Å². The van der Waals surface area contributed by atoms with Crippen LogP contribution in [0.5, 0.6) is 17.2 Å². The fourth-order valence-electron chi connectivity index (χ4n) is 2.48. The number of methoxy groups -OCH3 is 3. The molecule has 0 bridgehead atoms. The number of primary amides is 1. The van der Waals surface area contributed by atoms with Crippen LogP contribution >= 0.6 is 0 Å². The van der Waals surface area contributed by atoms with Crippen LogP contribution in [0.3, 0.4) is 0 Å². The number of ether oxygens (including phenoxy) is 3. The second-order valence-corrected chi connectivity index (χ2v) is 6.77. The minimum absolute atomic E-state index is 0.144. The fraction of sp³-hybridized carbons (Fsp3) is 0.278. The number of benzene rings is 2. The largest absolute Gasteiger partial charge is 0.493 e. The Balaban J connectivity index is 2.37. The SMILES string of the molecule is COc1cc(-c2cccc(CS(=O)CC(N)=O)c2)cc(OC)c1OC. The van der Waals surface area contributed by atoms with Gasteiger partial charge in [-0.25, -0.2) is 0 Å². The zero-order valence-corrected chi connectivity index (χ0v) is 15.2. The van der Waals surface area contributed by atoms with Crippen molar-refractivity contribution in [2.45, 2.75) is 5.75 Å². The monoisotopic (exact) mass is 363 g/mol. The van der Waals surface area contributed by atoms with Crippen LogP contribution in [0.4, 0.5) is 0 Å². The van der Waals surface area contributed by atoms with Crippen molar-refractivity contribution < 1.29 is 23.2 Å². The number of rotatable bonds is 8. The molecular weight excluding hydrogens is 342 g/mol. The number of hydrogen-bond donors (Lipinski definition) is 1. The summed E-state index contributed by atoms with van der Waals surface area (Å²) in [6.45, 7) is 0. The molecule has 0 spiro atoms. The normalized spacial score (nSPS) is 11.6. The van der Waals surface area contributed by atoms with E-state index < -0.39 is 16.7 Å². The van der Waals surface area contributed by atoms with Gasteiger partial charge in [0.1, 0.15) is 5.75 Å². The first-order valence-electron chi connectivity index (χ1n) is 7.51. The molecule has 1 unspecified atom stereocenters. The molecule has 6 nitrogen and oxygen atoms in total. The van der Waals surface area contributed by atoms with Crippen LogP contribution in [0.1, 0.15) is 5.56 Å². The highest BCUT2D eigenvalue weighted by Gasteiger charge is 2.14. The van der Waals surface area contributed by atoms with E-state index in [0.29, 0.717) is 17.2 Å². The molecular formula is C18H21NO5S. The summed E-state index contributed by atoms with van der Waals surface area (Å²) in [4.78, 5) is 10.9. The van der Waals surface area contributed by atoms with Crippen molar-refractivity contribution in [3.8, 4) is 28.4 Å². The molecule has 2 aromatic carbocycles. The molecule has 25 heavy (non-hydrogen) atoms. The molecule has 1 atom stereocenters. The van der Waals surface area contributed by atoms with Gasteiger partial charge in [0.25, 0.3) is 0 Å². The molecule has 2 N–H and O–H groups in total. The number of amides is 1. The van der Waals surface area contributed by atoms with E-state index in [1.165, 1.54) is 0 Å². The maximum Gasteiger partial charge on any atom is 0.230 e. The second kappa shape index (κ2) is 8.53. The summed E-state index contributed by atoms with van der Waals surface area (Å²) in [6, 6.07) is 11.3. The molecule has 0 aliphatic rings. The summed E-state index contributed by atoms with van der Waals surface area (Å²) in [5.41, 5.74) is 7.72. The smallest absolute Gasteiger partial charge is 0.230 e. The Bertz CT molecular complexity index is 766. The molecule has 2 rings (SSSR count). The third-order valence-electron chi connectivity index (χ3n) is 3.56. The van der Waals surface area contributed by atoms with Crippen molar-refractivity contribution in [1.29, 1.82) is 0 Å². The number of nitrogens with two attached hydrogens (primary N) is 1. The lowest BCUT2D eigenvalue weighted by Gasteiger charge is -2.14. The average molecular weight is 363 g/mol. The van der Waals surface area contributed by atoms with Gasteiger partial charge in [-0.1, -0.05) is 24.3 Å². The summed E-state index contributed by atoms with van der Waals surface area (Å²) in [6.07, 6.45) is 0. The third kappa shape index (κ3) is 4.73. The minimum atomic E-state index is -1.33. The van der Waals surface area contributed by atoms with Gasteiger partial charge in [-0.15, -0.1) is 0 Å². The Hall–Kier alpha value is -2.54. The number of carbonyl (C=O) groups is 1. The Labute approximate surface area is 149 Å². The van der Waals surface area contributed by atoms with E-state index in [2.05, 4.69) is 0 Å². The van der Waals surface area contributed by atoms with Crippen LogP contribution in [0, 0.1) is 0 Å². The van der Waals surface area contributed by atoms with Crippen molar-refractivity contribution in [3.05, 3.63) is 42.0 Å². The van der Waals surface area contributed by atoms with E-state index in [1.807, 2.05) is 36.4 Å². The number of hydrogen-bond acceptors (Lipinski definition) is 5. The molecule has 134 valence electrons. The molecule has 0 fully saturated rings. The third-order valence-corrected chi connectivity index (χ3v) is 4.82. The predicted molar refractivity (Wildman–Crippen MR) is 97.4 cm³/mol. The van der Waals surface area contributed by atoms with Crippen LogP contribution in [0.25, 0.3) is 11.1 Å². The van der Waals surface area contributed by atoms with Crippen molar-refractivity contribution in [3.63, 3.8) is 0 Å². The van der Waals surface area contributed by atoms with Gasteiger partial charge in [0.15, 0.2) is 11.5 Å². The Morgan fingerprint density at radius 1 is 1.00 bits per heavy atom. The minimum Gasteiger partial charge on any atom is -0.493 e. The van der Waals surface area contributed by atoms with E-state index in [9.17, 15) is 9.00 Å². The molecule has 0 saturated heterocycles. The van der Waals surface area contributed by atoms with Gasteiger partial charge >= 0.3 is 0 Å². The average Bonchev–Trinajstić information content (AvgIpc) is 2.59. The van der Waals surface area contributed by atoms with Crippen LogP contribution < -0.4 is 19.9 Å². The van der Waals surface area contributed by atoms with Crippen LogP contribution in [-0.4, -0.2) is 37.2 Å². The van der Waals surface area contributed by atoms with Gasteiger partial charge in [-0.05, 0) is 28.8 Å². The number of carbonyl (C=O) groups excluding carboxylic acids is 1. The highest BCUT2D eigenvalue weighted by Crippen LogP contribution is 2.41. The quantitative estimate of drug-likeness (QED) is 0.776. The Morgan fingerprint density at radius 3 is 2.16 bits per heavy atom. The van der Waals surface area contributed by atoms with Crippen molar-refractivity contribution in [2.24, 2.45) is 5.73 Å². The van der Waals surface area contributed by atoms with E-state index in [-0.39, 0.29) is 11.5 Å². The summed E-state index contributed by atoms with van der Waals surface area (Å²) in [5.74, 6) is 1.18. The molecule has 1 amide bonds. The van der Waals surface area contributed by atoms with Crippen molar-refractivity contribution in [2.75, 3.05) is 27.1 Å². The van der Waals surface area contributed by atoms with Crippen LogP contribution in [0.2, 0.25) is 0 Å². The van der Waals surface area contributed by atoms with Crippen LogP contribution in [-0.2, 0) is 21.3 Å². The summed E-state index contributed by atoms with van der Waals surface area (Å²) >= 11 is 0. The topological polar surface area (TPSA) is 87.9 Å². The summed E-state index contributed by atoms with van der Waals surface area (Å²) in [5, 5.41) is 0. The Morgan fingerprint density at radius 2 is 1.64 bits per heavy atom. The van der Waals surface area contributed by atoms with E-state index in [4.69, 9.17) is 19.9 Å². The van der Waals surface area contributed by atoms with Gasteiger partial charge in [-0.2, -0.15) is 0 Å². The highest BCUT2D eigenvalue weighted by molar-refractivity contribution is 7.84. The van der Waals surface area contributed by atoms with Gasteiger partial charge < -0.3 is 19.9 Å². The van der Waals surface area contributed by atoms with E-state index in [1.54, 1.807) is 21.3 Å². The molecule has 0 heterocycles. The Kier molecular flexibility index (Phi) is 6.41. The fourth-order valence-corrected chi connectivity index (χ4v) is 3.45. The first-order chi connectivity index (χ1) is 12.0. The maximum atomic E-state index is 11.9. The first kappa shape index (κ1) is 18.8. The zero-order chi connectivity index (χ0) is 18.4. The maximum absolute atomic E-state index is 11.9. The summed E-state index contributed by atoms with van der Waals surface area (Å²) < 4.78 is 28.0. The van der Waals surface area contributed by atoms with Gasteiger partial charge in [0, 0.05) is 16.6 Å². The second-order valence-electron chi connectivity index (χ2n) is 5.31. The van der Waals surface area contributed by atoms with Gasteiger partial charge in [0.05, 0.1) is 21.3 Å². The molecule has 0 aliphatic heterocycles. The first-order valence-corrected chi connectivity index (χ1v) is 9.00. The lowest BCUT2D eigenvalue weighted by Crippen LogP contribution is -2.20. The lowest BCUT2D eigenvalue weighted by atomic mass is 10.0.